The summed E-state index contributed by atoms with van der Waals surface area (Å²) in [6.45, 7) is 5.86. The molecule has 0 bridgehead atoms. The molecule has 2 fully saturated rings. The molecule has 1 amide bonds. The number of carbonyl (C=O) groups excluding carboxylic acids is 1. The Morgan fingerprint density at radius 3 is 2.57 bits per heavy atom. The average molecular weight is 406 g/mol. The van der Waals surface area contributed by atoms with E-state index < -0.39 is 0 Å². The Hall–Kier alpha value is -3.29. The van der Waals surface area contributed by atoms with E-state index in [1.54, 1.807) is 6.92 Å². The first kappa shape index (κ1) is 18.7. The number of H-pyrrole nitrogens is 1. The molecule has 3 N–H and O–H groups in total. The van der Waals surface area contributed by atoms with Crippen LogP contribution < -0.4 is 15.5 Å². The highest BCUT2D eigenvalue weighted by Crippen LogP contribution is 2.30. The second-order valence-electron chi connectivity index (χ2n) is 8.13. The Morgan fingerprint density at radius 2 is 1.87 bits per heavy atom. The molecule has 1 saturated heterocycles. The number of anilines is 4. The van der Waals surface area contributed by atoms with E-state index in [0.29, 0.717) is 5.95 Å². The van der Waals surface area contributed by atoms with Gasteiger partial charge in [0.05, 0.1) is 5.39 Å². The van der Waals surface area contributed by atoms with Crippen molar-refractivity contribution in [2.24, 2.45) is 5.92 Å². The number of nitrogens with one attached hydrogen (secondary N) is 3. The molecule has 5 rings (SSSR count). The van der Waals surface area contributed by atoms with E-state index in [0.717, 1.165) is 66.9 Å². The molecule has 8 heteroatoms. The lowest BCUT2D eigenvalue weighted by molar-refractivity contribution is -0.129. The number of carbonyl (C=O) groups is 1. The van der Waals surface area contributed by atoms with Crippen molar-refractivity contribution < 1.29 is 4.79 Å². The van der Waals surface area contributed by atoms with Gasteiger partial charge in [-0.05, 0) is 49.1 Å². The van der Waals surface area contributed by atoms with Crippen molar-refractivity contribution in [3.05, 3.63) is 36.5 Å². The molecule has 30 heavy (non-hydrogen) atoms. The SMILES string of the molecule is CC(=O)N1CCN(c2ccc(Nc3nc(NCC4CC4)c4cc[nH]c4n3)cc2)CC1. The van der Waals surface area contributed by atoms with Crippen molar-refractivity contribution in [1.82, 2.24) is 19.9 Å². The van der Waals surface area contributed by atoms with E-state index in [9.17, 15) is 4.79 Å². The summed E-state index contributed by atoms with van der Waals surface area (Å²) in [6.07, 6.45) is 4.50. The lowest BCUT2D eigenvalue weighted by Crippen LogP contribution is -2.48. The van der Waals surface area contributed by atoms with E-state index in [1.165, 1.54) is 12.8 Å². The zero-order valence-electron chi connectivity index (χ0n) is 17.2. The van der Waals surface area contributed by atoms with Gasteiger partial charge in [0.1, 0.15) is 11.5 Å². The number of nitrogens with zero attached hydrogens (tertiary/aromatic N) is 4. The topological polar surface area (TPSA) is 89.2 Å². The van der Waals surface area contributed by atoms with E-state index in [-0.39, 0.29) is 5.91 Å². The van der Waals surface area contributed by atoms with Gasteiger partial charge in [-0.2, -0.15) is 9.97 Å². The summed E-state index contributed by atoms with van der Waals surface area (Å²) in [5.41, 5.74) is 2.93. The zero-order valence-corrected chi connectivity index (χ0v) is 17.2. The number of hydrogen-bond acceptors (Lipinski definition) is 6. The van der Waals surface area contributed by atoms with Crippen LogP contribution in [0.25, 0.3) is 11.0 Å². The van der Waals surface area contributed by atoms with Crippen LogP contribution in [0, 0.1) is 5.92 Å². The zero-order chi connectivity index (χ0) is 20.5. The first-order valence-corrected chi connectivity index (χ1v) is 10.6. The van der Waals surface area contributed by atoms with Crippen molar-refractivity contribution in [1.29, 1.82) is 0 Å². The van der Waals surface area contributed by atoms with Crippen molar-refractivity contribution in [2.45, 2.75) is 19.8 Å². The standard InChI is InChI=1S/C22H27N7O/c1-15(30)28-10-12-29(13-11-28)18-6-4-17(5-7-18)25-22-26-20-19(8-9-23-20)21(27-22)24-14-16-2-3-16/h4-9,16H,2-3,10-14H2,1H3,(H3,23,24,25,26,27). The maximum atomic E-state index is 11.5. The smallest absolute Gasteiger partial charge is 0.231 e. The molecule has 3 aromatic rings. The number of piperazine rings is 1. The minimum atomic E-state index is 0.152. The number of hydrogen-bond donors (Lipinski definition) is 3. The monoisotopic (exact) mass is 405 g/mol. The molecule has 0 atom stereocenters. The van der Waals surface area contributed by atoms with E-state index in [2.05, 4.69) is 37.6 Å². The van der Waals surface area contributed by atoms with Crippen LogP contribution in [-0.2, 0) is 4.79 Å². The summed E-state index contributed by atoms with van der Waals surface area (Å²) in [4.78, 5) is 28.2. The third-order valence-electron chi connectivity index (χ3n) is 5.88. The van der Waals surface area contributed by atoms with Gasteiger partial charge in [-0.1, -0.05) is 0 Å². The molecule has 156 valence electrons. The van der Waals surface area contributed by atoms with Gasteiger partial charge >= 0.3 is 0 Å². The maximum Gasteiger partial charge on any atom is 0.231 e. The molecule has 8 nitrogen and oxygen atoms in total. The lowest BCUT2D eigenvalue weighted by Gasteiger charge is -2.35. The van der Waals surface area contributed by atoms with Crippen LogP contribution in [0.5, 0.6) is 0 Å². The molecule has 0 radical (unpaired) electrons. The first-order valence-electron chi connectivity index (χ1n) is 10.6. The molecule has 1 saturated carbocycles. The van der Waals surface area contributed by atoms with Gasteiger partial charge in [0.2, 0.25) is 11.9 Å². The van der Waals surface area contributed by atoms with Gasteiger partial charge < -0.3 is 25.4 Å². The van der Waals surface area contributed by atoms with Crippen LogP contribution in [0.1, 0.15) is 19.8 Å². The van der Waals surface area contributed by atoms with Gasteiger partial charge in [0.25, 0.3) is 0 Å². The predicted octanol–water partition coefficient (Wildman–Crippen LogP) is 3.19. The van der Waals surface area contributed by atoms with Gasteiger partial charge in [-0.15, -0.1) is 0 Å². The van der Waals surface area contributed by atoms with E-state index in [1.807, 2.05) is 29.3 Å². The molecular formula is C22H27N7O. The largest absolute Gasteiger partial charge is 0.369 e. The van der Waals surface area contributed by atoms with Crippen LogP contribution in [0.3, 0.4) is 0 Å². The second kappa shape index (κ2) is 7.85. The molecule has 2 aromatic heterocycles. The fourth-order valence-corrected chi connectivity index (χ4v) is 3.86. The predicted molar refractivity (Wildman–Crippen MR) is 119 cm³/mol. The normalized spacial score (nSPS) is 16.7. The van der Waals surface area contributed by atoms with Gasteiger partial charge in [-0.3, -0.25) is 4.79 Å². The molecule has 0 unspecified atom stereocenters. The summed E-state index contributed by atoms with van der Waals surface area (Å²) in [5, 5.41) is 7.82. The lowest BCUT2D eigenvalue weighted by atomic mass is 10.2. The number of amides is 1. The number of fused-ring (bicyclic) bond motifs is 1. The van der Waals surface area contributed by atoms with E-state index in [4.69, 9.17) is 4.98 Å². The maximum absolute atomic E-state index is 11.5. The molecule has 1 aliphatic heterocycles. The summed E-state index contributed by atoms with van der Waals surface area (Å²) >= 11 is 0. The summed E-state index contributed by atoms with van der Waals surface area (Å²) in [5.74, 6) is 2.37. The molecule has 2 aliphatic rings. The molecule has 3 heterocycles. The Labute approximate surface area is 175 Å². The number of aromatic nitrogens is 3. The second-order valence-corrected chi connectivity index (χ2v) is 8.13. The highest BCUT2D eigenvalue weighted by molar-refractivity contribution is 5.88. The van der Waals surface area contributed by atoms with Crippen molar-refractivity contribution in [3.63, 3.8) is 0 Å². The fraction of sp³-hybridized carbons (Fsp3) is 0.409. The molecular weight excluding hydrogens is 378 g/mol. The number of aromatic amines is 1. The highest BCUT2D eigenvalue weighted by Gasteiger charge is 2.22. The Kier molecular flexibility index (Phi) is 4.90. The third-order valence-corrected chi connectivity index (χ3v) is 5.88. The summed E-state index contributed by atoms with van der Waals surface area (Å²) in [6, 6.07) is 10.3. The first-order chi connectivity index (χ1) is 14.7. The van der Waals surface area contributed by atoms with Crippen LogP contribution in [-0.4, -0.2) is 58.5 Å². The Balaban J connectivity index is 1.27. The minimum Gasteiger partial charge on any atom is -0.369 e. The van der Waals surface area contributed by atoms with Gasteiger partial charge in [0, 0.05) is 57.2 Å². The number of rotatable bonds is 6. The summed E-state index contributed by atoms with van der Waals surface area (Å²) < 4.78 is 0. The van der Waals surface area contributed by atoms with Crippen molar-refractivity contribution >= 4 is 40.1 Å². The molecule has 0 spiro atoms. The molecule has 1 aromatic carbocycles. The van der Waals surface area contributed by atoms with Crippen LogP contribution in [0.15, 0.2) is 36.5 Å². The Morgan fingerprint density at radius 1 is 1.10 bits per heavy atom. The highest BCUT2D eigenvalue weighted by atomic mass is 16.2. The van der Waals surface area contributed by atoms with Gasteiger partial charge in [0.15, 0.2) is 0 Å². The minimum absolute atomic E-state index is 0.152. The summed E-state index contributed by atoms with van der Waals surface area (Å²) in [7, 11) is 0. The van der Waals surface area contributed by atoms with Crippen LogP contribution in [0.2, 0.25) is 0 Å². The number of benzene rings is 1. The van der Waals surface area contributed by atoms with Crippen molar-refractivity contribution in [3.8, 4) is 0 Å². The van der Waals surface area contributed by atoms with E-state index >= 15 is 0 Å². The fourth-order valence-electron chi connectivity index (χ4n) is 3.86. The third kappa shape index (κ3) is 4.03. The van der Waals surface area contributed by atoms with Crippen LogP contribution in [0.4, 0.5) is 23.1 Å². The van der Waals surface area contributed by atoms with Gasteiger partial charge in [-0.25, -0.2) is 0 Å². The van der Waals surface area contributed by atoms with Crippen LogP contribution >= 0.6 is 0 Å². The average Bonchev–Trinajstić information content (AvgIpc) is 3.47. The van der Waals surface area contributed by atoms with Crippen molar-refractivity contribution in [2.75, 3.05) is 48.3 Å². The Bertz CT molecular complexity index is 1030. The quantitative estimate of drug-likeness (QED) is 0.584. The molecule has 1 aliphatic carbocycles.